The Morgan fingerprint density at radius 2 is 1.67 bits per heavy atom. The number of benzene rings is 1. The van der Waals surface area contributed by atoms with E-state index >= 15 is 0 Å². The van der Waals surface area contributed by atoms with E-state index in [0.717, 1.165) is 0 Å². The van der Waals surface area contributed by atoms with Gasteiger partial charge in [-0.15, -0.1) is 0 Å². The maximum Gasteiger partial charge on any atom is 0.159 e. The van der Waals surface area contributed by atoms with Gasteiger partial charge < -0.3 is 14.8 Å². The van der Waals surface area contributed by atoms with Gasteiger partial charge in [0.15, 0.2) is 6.29 Å². The Bertz CT molecular complexity index is 335. The lowest BCUT2D eigenvalue weighted by Crippen LogP contribution is -2.21. The van der Waals surface area contributed by atoms with E-state index in [0.29, 0.717) is 26.2 Å². The van der Waals surface area contributed by atoms with Gasteiger partial charge in [0.25, 0.3) is 0 Å². The van der Waals surface area contributed by atoms with Crippen LogP contribution in [0.2, 0.25) is 0 Å². The Morgan fingerprint density at radius 1 is 1.11 bits per heavy atom. The summed E-state index contributed by atoms with van der Waals surface area (Å²) in [5, 5.41) is 2.72. The van der Waals surface area contributed by atoms with Crippen LogP contribution in [0.5, 0.6) is 0 Å². The summed E-state index contributed by atoms with van der Waals surface area (Å²) in [6.45, 7) is 5.20. The Morgan fingerprint density at radius 3 is 2.17 bits per heavy atom. The average Bonchev–Trinajstić information content (AvgIpc) is 2.33. The predicted octanol–water partition coefficient (Wildman–Crippen LogP) is 3.17. The van der Waals surface area contributed by atoms with Crippen molar-refractivity contribution in [1.82, 2.24) is 0 Å². The molecule has 0 amide bonds. The highest BCUT2D eigenvalue weighted by Gasteiger charge is 2.10. The maximum atomic E-state index is 13.3. The van der Waals surface area contributed by atoms with Gasteiger partial charge in [0.05, 0.1) is 0 Å². The fraction of sp³-hybridized carbons (Fsp3) is 0.538. The summed E-state index contributed by atoms with van der Waals surface area (Å²) < 4.78 is 37.3. The van der Waals surface area contributed by atoms with Crippen molar-refractivity contribution < 1.29 is 18.3 Å². The van der Waals surface area contributed by atoms with E-state index in [1.165, 1.54) is 18.2 Å². The highest BCUT2D eigenvalue weighted by atomic mass is 19.1. The minimum atomic E-state index is -0.598. The third kappa shape index (κ3) is 4.58. The van der Waals surface area contributed by atoms with Crippen molar-refractivity contribution >= 4 is 5.69 Å². The molecule has 0 aliphatic rings. The molecule has 0 aliphatic heterocycles. The van der Waals surface area contributed by atoms with Crippen LogP contribution in [0.15, 0.2) is 18.2 Å². The third-order valence-electron chi connectivity index (χ3n) is 2.35. The van der Waals surface area contributed by atoms with Gasteiger partial charge in [-0.3, -0.25) is 0 Å². The molecule has 0 spiro atoms. The van der Waals surface area contributed by atoms with Gasteiger partial charge in [0, 0.05) is 26.2 Å². The molecule has 0 saturated heterocycles. The van der Waals surface area contributed by atoms with Crippen LogP contribution in [0.3, 0.4) is 0 Å². The topological polar surface area (TPSA) is 30.5 Å². The largest absolute Gasteiger partial charge is 0.380 e. The maximum absolute atomic E-state index is 13.3. The number of anilines is 1. The van der Waals surface area contributed by atoms with E-state index in [-0.39, 0.29) is 12.0 Å². The average molecular weight is 259 g/mol. The number of hydrogen-bond acceptors (Lipinski definition) is 3. The van der Waals surface area contributed by atoms with E-state index in [4.69, 9.17) is 9.47 Å². The number of ether oxygens (including phenoxy) is 2. The smallest absolute Gasteiger partial charge is 0.159 e. The Labute approximate surface area is 106 Å². The monoisotopic (exact) mass is 259 g/mol. The third-order valence-corrected chi connectivity index (χ3v) is 2.35. The van der Waals surface area contributed by atoms with E-state index in [1.54, 1.807) is 0 Å². The van der Waals surface area contributed by atoms with Gasteiger partial charge in [0.1, 0.15) is 17.3 Å². The fourth-order valence-electron chi connectivity index (χ4n) is 1.57. The van der Waals surface area contributed by atoms with Gasteiger partial charge in [-0.1, -0.05) is 6.07 Å². The second-order valence-corrected chi connectivity index (χ2v) is 3.65. The first-order valence-electron chi connectivity index (χ1n) is 6.10. The lowest BCUT2D eigenvalue weighted by molar-refractivity contribution is -0.137. The Hall–Kier alpha value is -1.20. The Balaban J connectivity index is 2.44. The van der Waals surface area contributed by atoms with E-state index < -0.39 is 11.6 Å². The molecule has 0 aromatic heterocycles. The number of nitrogens with one attached hydrogen (secondary N) is 1. The summed E-state index contributed by atoms with van der Waals surface area (Å²) in [7, 11) is 0. The molecule has 102 valence electrons. The predicted molar refractivity (Wildman–Crippen MR) is 66.5 cm³/mol. The van der Waals surface area contributed by atoms with Crippen LogP contribution in [-0.4, -0.2) is 26.0 Å². The van der Waals surface area contributed by atoms with Crippen LogP contribution >= 0.6 is 0 Å². The van der Waals surface area contributed by atoms with Crippen molar-refractivity contribution in [2.45, 2.75) is 26.6 Å². The van der Waals surface area contributed by atoms with Crippen molar-refractivity contribution in [3.8, 4) is 0 Å². The highest BCUT2D eigenvalue weighted by Crippen LogP contribution is 2.18. The minimum Gasteiger partial charge on any atom is -0.380 e. The number of halogens is 2. The molecule has 0 saturated carbocycles. The lowest BCUT2D eigenvalue weighted by Gasteiger charge is -2.17. The van der Waals surface area contributed by atoms with E-state index in [2.05, 4.69) is 5.32 Å². The number of para-hydroxylation sites is 1. The number of rotatable bonds is 8. The molecule has 1 N–H and O–H groups in total. The van der Waals surface area contributed by atoms with Gasteiger partial charge in [0.2, 0.25) is 0 Å². The normalized spacial score (nSPS) is 10.9. The SMILES string of the molecule is CCOC(CCNc1c(F)cccc1F)OCC. The van der Waals surface area contributed by atoms with Crippen molar-refractivity contribution in [3.63, 3.8) is 0 Å². The molecule has 0 fully saturated rings. The number of hydrogen-bond donors (Lipinski definition) is 1. The first-order chi connectivity index (χ1) is 8.69. The minimum absolute atomic E-state index is 0.107. The Kier molecular flexibility index (Phi) is 6.60. The lowest BCUT2D eigenvalue weighted by atomic mass is 10.3. The molecule has 0 heterocycles. The van der Waals surface area contributed by atoms with Gasteiger partial charge in [-0.2, -0.15) is 0 Å². The summed E-state index contributed by atoms with van der Waals surface area (Å²) in [4.78, 5) is 0. The molecule has 0 atom stereocenters. The van der Waals surface area contributed by atoms with Crippen molar-refractivity contribution in [2.24, 2.45) is 0 Å². The van der Waals surface area contributed by atoms with Crippen LogP contribution in [-0.2, 0) is 9.47 Å². The van der Waals surface area contributed by atoms with Gasteiger partial charge in [-0.25, -0.2) is 8.78 Å². The molecule has 0 radical (unpaired) electrons. The summed E-state index contributed by atoms with van der Waals surface area (Å²) >= 11 is 0. The molecule has 1 aromatic rings. The molecule has 3 nitrogen and oxygen atoms in total. The summed E-state index contributed by atoms with van der Waals surface area (Å²) in [6.07, 6.45) is 0.178. The van der Waals surface area contributed by atoms with Crippen molar-refractivity contribution in [1.29, 1.82) is 0 Å². The van der Waals surface area contributed by atoms with Crippen LogP contribution < -0.4 is 5.32 Å². The molecular formula is C13H19F2NO2. The molecular weight excluding hydrogens is 240 g/mol. The van der Waals surface area contributed by atoms with E-state index in [9.17, 15) is 8.78 Å². The fourth-order valence-corrected chi connectivity index (χ4v) is 1.57. The van der Waals surface area contributed by atoms with Crippen molar-refractivity contribution in [2.75, 3.05) is 25.1 Å². The summed E-state index contributed by atoms with van der Waals surface area (Å²) in [6, 6.07) is 3.76. The van der Waals surface area contributed by atoms with Gasteiger partial charge >= 0.3 is 0 Å². The molecule has 0 unspecified atom stereocenters. The molecule has 18 heavy (non-hydrogen) atoms. The first kappa shape index (κ1) is 14.9. The van der Waals surface area contributed by atoms with Crippen LogP contribution in [0.4, 0.5) is 14.5 Å². The molecule has 1 aromatic carbocycles. The quantitative estimate of drug-likeness (QED) is 0.727. The second-order valence-electron chi connectivity index (χ2n) is 3.65. The van der Waals surface area contributed by atoms with E-state index in [1.807, 2.05) is 13.8 Å². The highest BCUT2D eigenvalue weighted by molar-refractivity contribution is 5.45. The van der Waals surface area contributed by atoms with Crippen LogP contribution in [0.25, 0.3) is 0 Å². The second kappa shape index (κ2) is 8.00. The standard InChI is InChI=1S/C13H19F2NO2/c1-3-17-12(18-4-2)8-9-16-13-10(14)6-5-7-11(13)15/h5-7,12,16H,3-4,8-9H2,1-2H3. The van der Waals surface area contributed by atoms with Crippen LogP contribution in [0.1, 0.15) is 20.3 Å². The zero-order chi connectivity index (χ0) is 13.4. The summed E-state index contributed by atoms with van der Waals surface area (Å²) in [5.74, 6) is -1.20. The van der Waals surface area contributed by atoms with Gasteiger partial charge in [-0.05, 0) is 26.0 Å². The molecule has 5 heteroatoms. The zero-order valence-corrected chi connectivity index (χ0v) is 10.7. The molecule has 0 aliphatic carbocycles. The zero-order valence-electron chi connectivity index (χ0n) is 10.7. The summed E-state index contributed by atoms with van der Waals surface area (Å²) in [5.41, 5.74) is -0.107. The first-order valence-corrected chi connectivity index (χ1v) is 6.10. The van der Waals surface area contributed by atoms with Crippen molar-refractivity contribution in [3.05, 3.63) is 29.8 Å². The molecule has 1 rings (SSSR count). The molecule has 0 bridgehead atoms. The van der Waals surface area contributed by atoms with Crippen LogP contribution in [0, 0.1) is 11.6 Å².